The molecule has 0 saturated heterocycles. The standard InChI is InChI=1S/C17H24FN5O3S2/c1-5-12(2)19-16(24)11-27-17-21-20-15(22(17)3)10-23(28(4,25)26)14-8-6-13(18)7-9-14/h6-9,12H,5,10-11H2,1-4H3,(H,19,24)/t12-/m0/s1. The van der Waals surface area contributed by atoms with E-state index in [1.807, 2.05) is 13.8 Å². The molecule has 2 rings (SSSR count). The highest BCUT2D eigenvalue weighted by atomic mass is 32.2. The molecule has 0 radical (unpaired) electrons. The number of halogens is 1. The molecule has 1 aromatic carbocycles. The zero-order valence-electron chi connectivity index (χ0n) is 16.2. The Labute approximate surface area is 168 Å². The second-order valence-corrected chi connectivity index (χ2v) is 9.22. The Morgan fingerprint density at radius 2 is 1.96 bits per heavy atom. The normalized spacial score (nSPS) is 12.6. The van der Waals surface area contributed by atoms with Crippen molar-refractivity contribution in [1.29, 1.82) is 0 Å². The summed E-state index contributed by atoms with van der Waals surface area (Å²) < 4.78 is 40.3. The maximum Gasteiger partial charge on any atom is 0.232 e. The number of carbonyl (C=O) groups is 1. The predicted molar refractivity (Wildman–Crippen MR) is 107 cm³/mol. The average Bonchev–Trinajstić information content (AvgIpc) is 2.97. The summed E-state index contributed by atoms with van der Waals surface area (Å²) in [4.78, 5) is 11.9. The first kappa shape index (κ1) is 22.2. The van der Waals surface area contributed by atoms with Gasteiger partial charge in [0.05, 0.1) is 24.2 Å². The molecule has 0 spiro atoms. The predicted octanol–water partition coefficient (Wildman–Crippen LogP) is 1.93. The van der Waals surface area contributed by atoms with Crippen LogP contribution < -0.4 is 9.62 Å². The van der Waals surface area contributed by atoms with E-state index in [0.29, 0.717) is 16.7 Å². The van der Waals surface area contributed by atoms with Gasteiger partial charge in [-0.05, 0) is 37.6 Å². The third-order valence-corrected chi connectivity index (χ3v) is 6.24. The minimum atomic E-state index is -3.62. The average molecular weight is 430 g/mol. The zero-order chi connectivity index (χ0) is 20.9. The van der Waals surface area contributed by atoms with Crippen molar-refractivity contribution in [3.05, 3.63) is 35.9 Å². The van der Waals surface area contributed by atoms with Gasteiger partial charge in [0, 0.05) is 13.1 Å². The van der Waals surface area contributed by atoms with Gasteiger partial charge < -0.3 is 9.88 Å². The number of sulfonamides is 1. The minimum Gasteiger partial charge on any atom is -0.353 e. The fraction of sp³-hybridized carbons (Fsp3) is 0.471. The maximum absolute atomic E-state index is 13.2. The lowest BCUT2D eigenvalue weighted by molar-refractivity contribution is -0.119. The van der Waals surface area contributed by atoms with Crippen molar-refractivity contribution in [1.82, 2.24) is 20.1 Å². The molecule has 1 aromatic heterocycles. The topological polar surface area (TPSA) is 97.2 Å². The van der Waals surface area contributed by atoms with Gasteiger partial charge in [-0.2, -0.15) is 0 Å². The Balaban J connectivity index is 2.13. The highest BCUT2D eigenvalue weighted by Crippen LogP contribution is 2.22. The second kappa shape index (κ2) is 9.37. The number of rotatable bonds is 9. The van der Waals surface area contributed by atoms with E-state index in [0.717, 1.165) is 17.0 Å². The summed E-state index contributed by atoms with van der Waals surface area (Å²) in [6, 6.07) is 5.27. The number of aromatic nitrogens is 3. The van der Waals surface area contributed by atoms with E-state index in [-0.39, 0.29) is 24.2 Å². The highest BCUT2D eigenvalue weighted by molar-refractivity contribution is 7.99. The van der Waals surface area contributed by atoms with Crippen molar-refractivity contribution in [3.63, 3.8) is 0 Å². The van der Waals surface area contributed by atoms with Gasteiger partial charge in [-0.15, -0.1) is 10.2 Å². The number of thioether (sulfide) groups is 1. The monoisotopic (exact) mass is 429 g/mol. The van der Waals surface area contributed by atoms with E-state index in [2.05, 4.69) is 15.5 Å². The number of benzene rings is 1. The molecule has 0 aliphatic rings. The van der Waals surface area contributed by atoms with Gasteiger partial charge in [-0.3, -0.25) is 9.10 Å². The minimum absolute atomic E-state index is 0.0619. The molecule has 1 amide bonds. The first-order valence-electron chi connectivity index (χ1n) is 8.65. The maximum atomic E-state index is 13.2. The number of hydrogen-bond acceptors (Lipinski definition) is 6. The van der Waals surface area contributed by atoms with Crippen molar-refractivity contribution in [2.24, 2.45) is 7.05 Å². The Bertz CT molecular complexity index is 915. The fourth-order valence-electron chi connectivity index (χ4n) is 2.29. The number of nitrogens with one attached hydrogen (secondary N) is 1. The van der Waals surface area contributed by atoms with Crippen molar-refractivity contribution < 1.29 is 17.6 Å². The smallest absolute Gasteiger partial charge is 0.232 e. The molecule has 0 fully saturated rings. The number of nitrogens with zero attached hydrogens (tertiary/aromatic N) is 4. The number of hydrogen-bond donors (Lipinski definition) is 1. The summed E-state index contributed by atoms with van der Waals surface area (Å²) in [5.74, 6) is 0.0297. The van der Waals surface area contributed by atoms with Crippen LogP contribution >= 0.6 is 11.8 Å². The summed E-state index contributed by atoms with van der Waals surface area (Å²) >= 11 is 1.22. The Hall–Kier alpha value is -2.14. The van der Waals surface area contributed by atoms with Gasteiger partial charge in [0.1, 0.15) is 5.82 Å². The molecular formula is C17H24FN5O3S2. The van der Waals surface area contributed by atoms with Crippen LogP contribution in [0.1, 0.15) is 26.1 Å². The molecular weight excluding hydrogens is 405 g/mol. The van der Waals surface area contributed by atoms with Gasteiger partial charge in [-0.1, -0.05) is 18.7 Å². The van der Waals surface area contributed by atoms with Crippen LogP contribution in [0, 0.1) is 5.82 Å². The second-order valence-electron chi connectivity index (χ2n) is 6.37. The van der Waals surface area contributed by atoms with Crippen LogP contribution in [-0.2, 0) is 28.4 Å². The van der Waals surface area contributed by atoms with Crippen LogP contribution in [-0.4, -0.2) is 47.1 Å². The molecule has 28 heavy (non-hydrogen) atoms. The van der Waals surface area contributed by atoms with Gasteiger partial charge in [-0.25, -0.2) is 12.8 Å². The molecule has 1 N–H and O–H groups in total. The third-order valence-electron chi connectivity index (χ3n) is 4.08. The molecule has 1 heterocycles. The first-order chi connectivity index (χ1) is 13.1. The molecule has 2 aromatic rings. The number of amides is 1. The lowest BCUT2D eigenvalue weighted by Gasteiger charge is -2.21. The summed E-state index contributed by atoms with van der Waals surface area (Å²) in [7, 11) is -1.92. The van der Waals surface area contributed by atoms with Crippen LogP contribution in [0.3, 0.4) is 0 Å². The molecule has 154 valence electrons. The SMILES string of the molecule is CC[C@H](C)NC(=O)CSc1nnc(CN(c2ccc(F)cc2)S(C)(=O)=O)n1C. The first-order valence-corrected chi connectivity index (χ1v) is 11.5. The van der Waals surface area contributed by atoms with Crippen LogP contribution in [0.5, 0.6) is 0 Å². The van der Waals surface area contributed by atoms with Crippen molar-refractivity contribution in [2.45, 2.75) is 38.0 Å². The Morgan fingerprint density at radius 1 is 1.32 bits per heavy atom. The quantitative estimate of drug-likeness (QED) is 0.612. The van der Waals surface area contributed by atoms with E-state index in [1.54, 1.807) is 11.6 Å². The number of carbonyl (C=O) groups excluding carboxylic acids is 1. The molecule has 0 saturated carbocycles. The van der Waals surface area contributed by atoms with E-state index in [9.17, 15) is 17.6 Å². The van der Waals surface area contributed by atoms with E-state index in [4.69, 9.17) is 0 Å². The van der Waals surface area contributed by atoms with Crippen LogP contribution in [0.4, 0.5) is 10.1 Å². The molecule has 0 aliphatic heterocycles. The van der Waals surface area contributed by atoms with Gasteiger partial charge in [0.15, 0.2) is 11.0 Å². The largest absolute Gasteiger partial charge is 0.353 e. The molecule has 8 nitrogen and oxygen atoms in total. The van der Waals surface area contributed by atoms with Crippen molar-refractivity contribution >= 4 is 33.4 Å². The lowest BCUT2D eigenvalue weighted by atomic mass is 10.3. The van der Waals surface area contributed by atoms with Gasteiger partial charge >= 0.3 is 0 Å². The molecule has 1 atom stereocenters. The summed E-state index contributed by atoms with van der Waals surface area (Å²) in [5, 5.41) is 11.5. The van der Waals surface area contributed by atoms with E-state index >= 15 is 0 Å². The zero-order valence-corrected chi connectivity index (χ0v) is 17.8. The van der Waals surface area contributed by atoms with E-state index in [1.165, 1.54) is 36.0 Å². The lowest BCUT2D eigenvalue weighted by Crippen LogP contribution is -2.33. The fourth-order valence-corrected chi connectivity index (χ4v) is 3.89. The van der Waals surface area contributed by atoms with Crippen molar-refractivity contribution in [3.8, 4) is 0 Å². The summed E-state index contributed by atoms with van der Waals surface area (Å²) in [5.41, 5.74) is 0.328. The summed E-state index contributed by atoms with van der Waals surface area (Å²) in [6.45, 7) is 3.85. The number of anilines is 1. The molecule has 0 bridgehead atoms. The van der Waals surface area contributed by atoms with Crippen LogP contribution in [0.15, 0.2) is 29.4 Å². The molecule has 11 heteroatoms. The Kier molecular flexibility index (Phi) is 7.41. The van der Waals surface area contributed by atoms with Gasteiger partial charge in [0.25, 0.3) is 0 Å². The third kappa shape index (κ3) is 5.93. The highest BCUT2D eigenvalue weighted by Gasteiger charge is 2.22. The molecule has 0 unspecified atom stereocenters. The van der Waals surface area contributed by atoms with Crippen LogP contribution in [0.25, 0.3) is 0 Å². The molecule has 0 aliphatic carbocycles. The Morgan fingerprint density at radius 3 is 2.54 bits per heavy atom. The van der Waals surface area contributed by atoms with E-state index < -0.39 is 15.8 Å². The summed E-state index contributed by atoms with van der Waals surface area (Å²) in [6.07, 6.45) is 1.91. The van der Waals surface area contributed by atoms with Crippen LogP contribution in [0.2, 0.25) is 0 Å². The van der Waals surface area contributed by atoms with Crippen molar-refractivity contribution in [2.75, 3.05) is 16.3 Å². The van der Waals surface area contributed by atoms with Gasteiger partial charge in [0.2, 0.25) is 15.9 Å².